The van der Waals surface area contributed by atoms with Gasteiger partial charge in [0.2, 0.25) is 30.1 Å². The minimum absolute atomic E-state index is 0.00832. The Morgan fingerprint density at radius 2 is 0.843 bits per heavy atom. The fourth-order valence-electron chi connectivity index (χ4n) is 14.4. The lowest BCUT2D eigenvalue weighted by Crippen LogP contribution is -2.47. The van der Waals surface area contributed by atoms with Crippen molar-refractivity contribution in [3.05, 3.63) is 299 Å². The highest BCUT2D eigenvalue weighted by molar-refractivity contribution is 7.98. The maximum absolute atomic E-state index is 15.0. The monoisotopic (exact) mass is 1700 g/mol. The normalized spacial score (nSPS) is 18.3. The van der Waals surface area contributed by atoms with Crippen LogP contribution in [0.2, 0.25) is 0 Å². The van der Waals surface area contributed by atoms with Crippen LogP contribution in [0.5, 0.6) is 0 Å². The number of nitrogens with zero attached hydrogens (tertiary/aromatic N) is 8. The molecule has 0 saturated carbocycles. The molecule has 115 heavy (non-hydrogen) atoms. The van der Waals surface area contributed by atoms with Crippen molar-refractivity contribution in [2.75, 3.05) is 56.7 Å². The molecule has 0 radical (unpaired) electrons. The summed E-state index contributed by atoms with van der Waals surface area (Å²) in [5.41, 5.74) is 7.10. The molecule has 0 spiro atoms. The van der Waals surface area contributed by atoms with Gasteiger partial charge in [0.1, 0.15) is 52.0 Å². The van der Waals surface area contributed by atoms with Gasteiger partial charge in [0, 0.05) is 124 Å². The SMILES string of the molecule is C[C@H](NS(=O)(=O)/C=C/c1nn(-c2ccc(F)cc2F)c2c1CS(=O)(=O)CC2Cc1cccc(F)c1)c1ccccc1.O=S(=O)(/C=C/c1nn(-c2ccc(F)cc2F)c2c1CSCC2Cc1cccc(F)c1)NN1CCCCC1.O=S(=O)(/C=C/c1nn(-c2ccc(F)cc2F)c2c1CSCC2Cc1cccc(F)c1)NN1CCOCC1. The molecule has 3 unspecified atom stereocenters. The number of thioether (sulfide) groups is 2. The molecule has 7 aromatic carbocycles. The van der Waals surface area contributed by atoms with Gasteiger partial charge < -0.3 is 4.74 Å². The van der Waals surface area contributed by atoms with E-state index >= 15 is 0 Å². The number of ether oxygens (including phenoxy) is 1. The topological polar surface area (TPSA) is 242 Å². The van der Waals surface area contributed by atoms with E-state index in [4.69, 9.17) is 4.74 Å². The van der Waals surface area contributed by atoms with E-state index in [0.29, 0.717) is 110 Å². The standard InChI is InChI=1S/C29H26F3N3O4S2.C26H27F3N4O2S2.C25H25F3N4O3S2/c1-19(21-7-3-2-4-8-21)34-41(38,39)13-12-27-25-18-40(36,37)17-22(14-20-6-5-9-23(30)15-20)29(25)35(33-27)28-11-10-24(31)16-26(28)32;27-20-6-4-5-18(14-20)13-19-16-36-17-22-24(9-12-37(34,35)31-32-10-2-1-3-11-32)30-33(26(19)22)25-8-7-21(28)15-23(25)29;26-19-3-1-2-17(13-19)12-18-15-36-16-21-23(6-11-37(33,34)30-31-7-9-35-10-8-31)29-32(25(18)21)24-5-4-20(27)14-22(24)28/h2-13,15-16,19,22,34H,14,17-18H2,1H3;4-9,12,14-15,19,31H,1-3,10-11,13,16-17H2;1-6,11,13-14,18,30H,7-10,12,15-16H2/b13-12+;12-9+;11-6+/t19-,22?;;/m0../s1. The van der Waals surface area contributed by atoms with Crippen LogP contribution in [0, 0.1) is 52.4 Å². The Hall–Kier alpha value is -8.98. The van der Waals surface area contributed by atoms with Crippen molar-refractivity contribution in [2.45, 2.75) is 86.5 Å². The second-order valence-corrected chi connectivity index (χ2v) is 36.9. The first-order valence-electron chi connectivity index (χ1n) is 36.5. The van der Waals surface area contributed by atoms with Crippen LogP contribution in [0.1, 0.15) is 123 Å². The van der Waals surface area contributed by atoms with Crippen LogP contribution in [-0.2, 0) is 81.2 Å². The predicted molar refractivity (Wildman–Crippen MR) is 425 cm³/mol. The molecule has 2 saturated heterocycles. The highest BCUT2D eigenvalue weighted by atomic mass is 32.2. The van der Waals surface area contributed by atoms with Crippen molar-refractivity contribution in [1.82, 2.24) is 53.7 Å². The lowest BCUT2D eigenvalue weighted by atomic mass is 9.94. The van der Waals surface area contributed by atoms with Crippen LogP contribution in [0.25, 0.3) is 35.3 Å². The number of sulfone groups is 1. The number of aromatic nitrogens is 6. The summed E-state index contributed by atoms with van der Waals surface area (Å²) < 4.78 is 242. The number of halogens is 9. The van der Waals surface area contributed by atoms with Crippen molar-refractivity contribution in [1.29, 1.82) is 0 Å². The summed E-state index contributed by atoms with van der Waals surface area (Å²) in [5.74, 6) is -5.29. The van der Waals surface area contributed by atoms with Crippen LogP contribution in [-0.4, -0.2) is 130 Å². The lowest BCUT2D eigenvalue weighted by Gasteiger charge is -2.26. The van der Waals surface area contributed by atoms with Gasteiger partial charge in [-0.05, 0) is 152 Å². The molecule has 10 aromatic rings. The van der Waals surface area contributed by atoms with Crippen molar-refractivity contribution in [3.63, 3.8) is 0 Å². The van der Waals surface area contributed by atoms with Crippen LogP contribution < -0.4 is 14.4 Å². The molecule has 0 amide bonds. The maximum Gasteiger partial charge on any atom is 0.246 e. The van der Waals surface area contributed by atoms with E-state index in [-0.39, 0.29) is 64.0 Å². The second kappa shape index (κ2) is 36.7. The highest BCUT2D eigenvalue weighted by Gasteiger charge is 2.38. The predicted octanol–water partition coefficient (Wildman–Crippen LogP) is 14.3. The first kappa shape index (κ1) is 83.9. The quantitative estimate of drug-likeness (QED) is 0.0534. The van der Waals surface area contributed by atoms with Gasteiger partial charge in [-0.2, -0.15) is 38.8 Å². The highest BCUT2D eigenvalue weighted by Crippen LogP contribution is 2.43. The number of rotatable bonds is 22. The largest absolute Gasteiger partial charge is 0.379 e. The van der Waals surface area contributed by atoms with Crippen LogP contribution in [0.4, 0.5) is 39.5 Å². The summed E-state index contributed by atoms with van der Waals surface area (Å²) >= 11 is 3.29. The Bertz CT molecular complexity index is 5570. The summed E-state index contributed by atoms with van der Waals surface area (Å²) in [4.78, 5) is 5.10. The fourth-order valence-corrected chi connectivity index (χ4v) is 21.4. The van der Waals surface area contributed by atoms with Crippen molar-refractivity contribution in [3.8, 4) is 17.1 Å². The van der Waals surface area contributed by atoms with Crippen molar-refractivity contribution in [2.24, 2.45) is 0 Å². The van der Waals surface area contributed by atoms with Gasteiger partial charge in [-0.25, -0.2) is 102 Å². The Morgan fingerprint density at radius 1 is 0.461 bits per heavy atom. The van der Waals surface area contributed by atoms with Crippen molar-refractivity contribution < 1.29 is 77.9 Å². The molecule has 15 rings (SSSR count). The Balaban J connectivity index is 0.000000151. The molecule has 4 atom stereocenters. The number of fused-ring (bicyclic) bond motifs is 3. The molecular formula is C80H78F9N11O9S6. The molecule has 8 heterocycles. The first-order valence-corrected chi connectivity index (χ1v) is 45.3. The average molecular weight is 1700 g/mol. The number of piperidine rings is 1. The van der Waals surface area contributed by atoms with Crippen molar-refractivity contribution >= 4 is 81.7 Å². The van der Waals surface area contributed by atoms with Gasteiger partial charge in [0.15, 0.2) is 27.3 Å². The first-order chi connectivity index (χ1) is 55.0. The summed E-state index contributed by atoms with van der Waals surface area (Å²) in [6.45, 7) is 4.70. The molecule has 20 nitrogen and oxygen atoms in total. The van der Waals surface area contributed by atoms with E-state index in [9.17, 15) is 73.2 Å². The Kier molecular flexibility index (Phi) is 26.8. The van der Waals surface area contributed by atoms with Gasteiger partial charge in [-0.1, -0.05) is 73.2 Å². The molecule has 3 N–H and O–H groups in total. The zero-order valence-corrected chi connectivity index (χ0v) is 66.5. The summed E-state index contributed by atoms with van der Waals surface area (Å²) in [6.07, 6.45) is 7.98. The van der Waals surface area contributed by atoms with Gasteiger partial charge in [0.05, 0.1) is 58.9 Å². The fraction of sp³-hybridized carbons (Fsp3) is 0.287. The number of benzene rings is 7. The lowest BCUT2D eigenvalue weighted by molar-refractivity contribution is 0.0274. The van der Waals surface area contributed by atoms with Gasteiger partial charge >= 0.3 is 0 Å². The summed E-state index contributed by atoms with van der Waals surface area (Å²) in [5, 5.41) is 19.8. The van der Waals surface area contributed by atoms with Crippen LogP contribution >= 0.6 is 23.5 Å². The minimum Gasteiger partial charge on any atom is -0.379 e. The van der Waals surface area contributed by atoms with Gasteiger partial charge in [0.25, 0.3) is 0 Å². The third kappa shape index (κ3) is 21.6. The van der Waals surface area contributed by atoms with Gasteiger partial charge in [-0.15, -0.1) is 9.66 Å². The maximum atomic E-state index is 15.0. The summed E-state index contributed by atoms with van der Waals surface area (Å²) in [7, 11) is -15.3. The van der Waals surface area contributed by atoms with Crippen LogP contribution in [0.3, 0.4) is 0 Å². The number of nitrogens with one attached hydrogen (secondary N) is 3. The zero-order valence-electron chi connectivity index (χ0n) is 61.6. The molecule has 5 aliphatic heterocycles. The van der Waals surface area contributed by atoms with E-state index in [1.165, 1.54) is 86.9 Å². The number of sulfonamides is 3. The number of hydrogen-bond acceptors (Lipinski definition) is 16. The molecule has 5 aliphatic rings. The molecule has 0 aliphatic carbocycles. The molecule has 2 fully saturated rings. The second-order valence-electron chi connectivity index (χ2n) is 28.1. The number of hydrogen-bond donors (Lipinski definition) is 3. The smallest absolute Gasteiger partial charge is 0.246 e. The van der Waals surface area contributed by atoms with E-state index < -0.39 is 98.3 Å². The summed E-state index contributed by atoms with van der Waals surface area (Å²) in [6, 6.07) is 36.1. The Morgan fingerprint density at radius 3 is 1.26 bits per heavy atom. The minimum atomic E-state index is -4.01. The number of morpholine rings is 1. The molecule has 3 aromatic heterocycles. The third-order valence-corrected chi connectivity index (χ3v) is 26.6. The molecule has 0 bridgehead atoms. The van der Waals surface area contributed by atoms with Crippen LogP contribution in [0.15, 0.2) is 174 Å². The number of hydrazine groups is 2. The molecule has 35 heteroatoms. The van der Waals surface area contributed by atoms with E-state index in [1.54, 1.807) is 82.9 Å². The zero-order chi connectivity index (χ0) is 81.3. The van der Waals surface area contributed by atoms with Gasteiger partial charge in [-0.3, -0.25) is 0 Å². The average Bonchev–Trinajstić information content (AvgIpc) is 1.61. The molecule has 606 valence electrons. The van der Waals surface area contributed by atoms with E-state index in [2.05, 4.69) is 29.7 Å². The van der Waals surface area contributed by atoms with E-state index in [0.717, 1.165) is 105 Å². The Labute approximate surface area is 668 Å². The molecular weight excluding hydrogens is 1620 g/mol. The third-order valence-electron chi connectivity index (χ3n) is 19.5. The van der Waals surface area contributed by atoms with E-state index in [1.807, 2.05) is 18.2 Å².